The molecule has 144 valence electrons. The number of hydrogen-bond acceptors (Lipinski definition) is 3. The molecule has 3 aromatic rings. The normalized spacial score (nSPS) is 11.3. The molecule has 0 saturated carbocycles. The molecule has 6 heteroatoms. The number of nitrogens with two attached hydrogens (primary N) is 1. The number of carbonyl (C=O) groups is 1. The van der Waals surface area contributed by atoms with Gasteiger partial charge < -0.3 is 15.8 Å². The van der Waals surface area contributed by atoms with Crippen LogP contribution in [0.2, 0.25) is 0 Å². The Morgan fingerprint density at radius 1 is 0.966 bits per heavy atom. The molecule has 0 radical (unpaired) electrons. The highest BCUT2D eigenvalue weighted by Crippen LogP contribution is 2.16. The van der Waals surface area contributed by atoms with E-state index >= 15 is 0 Å². The molecule has 29 heavy (non-hydrogen) atoms. The first-order valence-electron chi connectivity index (χ1n) is 8.79. The number of amides is 1. The third-order valence-electron chi connectivity index (χ3n) is 3.78. The molecule has 4 N–H and O–H groups in total. The Hall–Kier alpha value is -3.82. The van der Waals surface area contributed by atoms with E-state index < -0.39 is 11.0 Å². The summed E-state index contributed by atoms with van der Waals surface area (Å²) in [6.45, 7) is 0. The molecule has 3 rings (SSSR count). The van der Waals surface area contributed by atoms with Crippen molar-refractivity contribution in [1.29, 1.82) is 0 Å². The van der Waals surface area contributed by atoms with E-state index in [1.807, 2.05) is 36.4 Å². The maximum atomic E-state index is 12.3. The lowest BCUT2D eigenvalue weighted by atomic mass is 10.2. The predicted octanol–water partition coefficient (Wildman–Crippen LogP) is 3.95. The maximum Gasteiger partial charge on any atom is 0.249 e. The highest BCUT2D eigenvalue weighted by Gasteiger charge is 2.03. The van der Waals surface area contributed by atoms with Crippen molar-refractivity contribution in [3.63, 3.8) is 0 Å². The average Bonchev–Trinajstić information content (AvgIpc) is 2.74. The molecule has 1 amide bonds. The van der Waals surface area contributed by atoms with Crippen molar-refractivity contribution >= 4 is 34.0 Å². The van der Waals surface area contributed by atoms with Gasteiger partial charge in [-0.3, -0.25) is 4.79 Å². The van der Waals surface area contributed by atoms with Crippen molar-refractivity contribution in [1.82, 2.24) is 0 Å². The Balaban J connectivity index is 1.60. The van der Waals surface area contributed by atoms with E-state index in [2.05, 4.69) is 21.9 Å². The second kappa shape index (κ2) is 9.93. The highest BCUT2D eigenvalue weighted by molar-refractivity contribution is 7.86. The summed E-state index contributed by atoms with van der Waals surface area (Å²) in [4.78, 5) is 12.6. The first-order valence-corrected chi connectivity index (χ1v) is 9.94. The smallest absolute Gasteiger partial charge is 0.249 e. The molecule has 0 aromatic heterocycles. The summed E-state index contributed by atoms with van der Waals surface area (Å²) in [5.41, 5.74) is 8.27. The summed E-state index contributed by atoms with van der Waals surface area (Å²) in [6.07, 6.45) is 2.81. The minimum absolute atomic E-state index is 0.314. The summed E-state index contributed by atoms with van der Waals surface area (Å²) in [6, 6.07) is 23.5. The van der Waals surface area contributed by atoms with Crippen LogP contribution in [0.15, 0.2) is 95.9 Å². The Kier molecular flexibility index (Phi) is 6.82. The van der Waals surface area contributed by atoms with Crippen LogP contribution >= 0.6 is 0 Å². The quantitative estimate of drug-likeness (QED) is 0.344. The first kappa shape index (κ1) is 19.9. The van der Waals surface area contributed by atoms with Crippen LogP contribution in [0, 0.1) is 11.8 Å². The van der Waals surface area contributed by atoms with E-state index in [0.29, 0.717) is 22.0 Å². The Morgan fingerprint density at radius 3 is 2.52 bits per heavy atom. The number of allylic oxidation sites excluding steroid dienone is 1. The Labute approximate surface area is 172 Å². The summed E-state index contributed by atoms with van der Waals surface area (Å²) < 4.78 is 15.3. The molecular formula is C23H19N3O2S. The number of anilines is 3. The zero-order valence-electron chi connectivity index (χ0n) is 15.5. The number of para-hydroxylation sites is 2. The molecule has 0 saturated heterocycles. The van der Waals surface area contributed by atoms with Gasteiger partial charge in [0, 0.05) is 17.3 Å². The molecule has 5 nitrogen and oxygen atoms in total. The van der Waals surface area contributed by atoms with Gasteiger partial charge in [0.05, 0.1) is 16.3 Å². The SMILES string of the molecule is Nc1ccccc1NC(=O)/C=C/C#Cc1cccc(NS(=O)c2ccccc2)c1. The molecule has 1 atom stereocenters. The van der Waals surface area contributed by atoms with Crippen molar-refractivity contribution in [3.8, 4) is 11.8 Å². The van der Waals surface area contributed by atoms with Crippen molar-refractivity contribution in [3.05, 3.63) is 96.6 Å². The number of benzene rings is 3. The standard InChI is InChI=1S/C23H19N3O2S/c24-21-14-5-6-15-22(21)25-23(27)16-7-4-9-18-10-8-11-19(17-18)26-29(28)20-12-2-1-3-13-20/h1-3,5-8,10-17,26H,24H2,(H,25,27)/b16-7+. The zero-order valence-corrected chi connectivity index (χ0v) is 16.3. The zero-order chi connectivity index (χ0) is 20.5. The van der Waals surface area contributed by atoms with Crippen molar-refractivity contribution in [2.45, 2.75) is 4.90 Å². The lowest BCUT2D eigenvalue weighted by molar-refractivity contribution is -0.111. The summed E-state index contributed by atoms with van der Waals surface area (Å²) in [5, 5.41) is 2.69. The van der Waals surface area contributed by atoms with Crippen LogP contribution in [0.1, 0.15) is 5.56 Å². The molecule has 0 spiro atoms. The minimum Gasteiger partial charge on any atom is -0.397 e. The molecule has 0 aliphatic carbocycles. The monoisotopic (exact) mass is 401 g/mol. The second-order valence-corrected chi connectivity index (χ2v) is 7.16. The lowest BCUT2D eigenvalue weighted by Gasteiger charge is -2.06. The van der Waals surface area contributed by atoms with Crippen LogP contribution in [0.25, 0.3) is 0 Å². The van der Waals surface area contributed by atoms with Crippen LogP contribution in [0.5, 0.6) is 0 Å². The molecule has 3 aromatic carbocycles. The van der Waals surface area contributed by atoms with Crippen LogP contribution in [-0.2, 0) is 15.8 Å². The van der Waals surface area contributed by atoms with Gasteiger partial charge in [-0.05, 0) is 48.5 Å². The van der Waals surface area contributed by atoms with Crippen molar-refractivity contribution < 1.29 is 9.00 Å². The molecule has 0 aliphatic rings. The van der Waals surface area contributed by atoms with E-state index in [4.69, 9.17) is 5.73 Å². The maximum absolute atomic E-state index is 12.3. The highest BCUT2D eigenvalue weighted by atomic mass is 32.2. The number of nitrogens with one attached hydrogen (secondary N) is 2. The number of rotatable bonds is 5. The van der Waals surface area contributed by atoms with Crippen LogP contribution in [0.4, 0.5) is 17.1 Å². The van der Waals surface area contributed by atoms with E-state index in [1.165, 1.54) is 12.2 Å². The van der Waals surface area contributed by atoms with E-state index in [-0.39, 0.29) is 5.91 Å². The summed E-state index contributed by atoms with van der Waals surface area (Å²) >= 11 is 0. The Bertz CT molecular complexity index is 1120. The van der Waals surface area contributed by atoms with Gasteiger partial charge in [0.25, 0.3) is 0 Å². The minimum atomic E-state index is -1.35. The van der Waals surface area contributed by atoms with Gasteiger partial charge in [0.1, 0.15) is 11.0 Å². The fourth-order valence-electron chi connectivity index (χ4n) is 2.40. The van der Waals surface area contributed by atoms with Gasteiger partial charge in [0.15, 0.2) is 0 Å². The molecule has 0 bridgehead atoms. The van der Waals surface area contributed by atoms with Gasteiger partial charge >= 0.3 is 0 Å². The average molecular weight is 401 g/mol. The van der Waals surface area contributed by atoms with Gasteiger partial charge in [-0.15, -0.1) is 0 Å². The number of hydrogen-bond donors (Lipinski definition) is 3. The molecule has 1 unspecified atom stereocenters. The molecule has 0 aliphatic heterocycles. The fourth-order valence-corrected chi connectivity index (χ4v) is 3.26. The van der Waals surface area contributed by atoms with Gasteiger partial charge in [-0.2, -0.15) is 0 Å². The van der Waals surface area contributed by atoms with Crippen molar-refractivity contribution in [2.75, 3.05) is 15.8 Å². The number of nitrogen functional groups attached to an aromatic ring is 1. The third-order valence-corrected chi connectivity index (χ3v) is 4.91. The summed E-state index contributed by atoms with van der Waals surface area (Å²) in [5.74, 6) is 5.45. The number of carbonyl (C=O) groups excluding carboxylic acids is 1. The van der Waals surface area contributed by atoms with Crippen molar-refractivity contribution in [2.24, 2.45) is 0 Å². The van der Waals surface area contributed by atoms with Crippen LogP contribution in [0.3, 0.4) is 0 Å². The van der Waals surface area contributed by atoms with Crippen LogP contribution < -0.4 is 15.8 Å². The molecule has 0 fully saturated rings. The van der Waals surface area contributed by atoms with Gasteiger partial charge in [0.2, 0.25) is 5.91 Å². The topological polar surface area (TPSA) is 84.2 Å². The molecule has 0 heterocycles. The lowest BCUT2D eigenvalue weighted by Crippen LogP contribution is -2.09. The van der Waals surface area contributed by atoms with Gasteiger partial charge in [-0.25, -0.2) is 4.21 Å². The van der Waals surface area contributed by atoms with E-state index in [1.54, 1.807) is 42.5 Å². The van der Waals surface area contributed by atoms with Gasteiger partial charge in [-0.1, -0.05) is 48.2 Å². The fraction of sp³-hybridized carbons (Fsp3) is 0. The third kappa shape index (κ3) is 6.09. The largest absolute Gasteiger partial charge is 0.397 e. The Morgan fingerprint density at radius 2 is 1.72 bits per heavy atom. The van der Waals surface area contributed by atoms with Crippen LogP contribution in [-0.4, -0.2) is 10.1 Å². The van der Waals surface area contributed by atoms with E-state index in [0.717, 1.165) is 5.56 Å². The van der Waals surface area contributed by atoms with E-state index in [9.17, 15) is 9.00 Å². The summed E-state index contributed by atoms with van der Waals surface area (Å²) in [7, 11) is -1.35. The first-order chi connectivity index (χ1) is 14.1. The predicted molar refractivity (Wildman–Crippen MR) is 118 cm³/mol. The molecular weight excluding hydrogens is 382 g/mol. The second-order valence-electron chi connectivity index (χ2n) is 5.94.